The van der Waals surface area contributed by atoms with Gasteiger partial charge in [-0.3, -0.25) is 0 Å². The second kappa shape index (κ2) is 7.18. The maximum atomic E-state index is 13.5. The van der Waals surface area contributed by atoms with E-state index in [1.54, 1.807) is 4.90 Å². The lowest BCUT2D eigenvalue weighted by Gasteiger charge is -2.40. The third-order valence-corrected chi connectivity index (χ3v) is 5.08. The number of nitrogens with zero attached hydrogens (tertiary/aromatic N) is 5. The molecule has 7 nitrogen and oxygen atoms in total. The average Bonchev–Trinajstić information content (AvgIpc) is 2.65. The van der Waals surface area contributed by atoms with Gasteiger partial charge in [0.05, 0.1) is 24.9 Å². The summed E-state index contributed by atoms with van der Waals surface area (Å²) in [5.41, 5.74) is 3.83. The minimum Gasteiger partial charge on any atom is -0.393 e. The largest absolute Gasteiger partial charge is 0.434 e. The quantitative estimate of drug-likeness (QED) is 0.724. The van der Waals surface area contributed by atoms with Crippen LogP contribution in [0, 0.1) is 0 Å². The number of aliphatic hydroxyl groups is 1. The fourth-order valence-electron chi connectivity index (χ4n) is 3.50. The van der Waals surface area contributed by atoms with E-state index in [1.165, 1.54) is 17.0 Å². The van der Waals surface area contributed by atoms with Crippen molar-refractivity contribution in [1.82, 2.24) is 15.0 Å². The number of nitrogens with two attached hydrogens (primary N) is 1. The number of pyridine rings is 1. The van der Waals surface area contributed by atoms with E-state index in [4.69, 9.17) is 5.73 Å². The summed E-state index contributed by atoms with van der Waals surface area (Å²) in [4.78, 5) is 15.0. The zero-order chi connectivity index (χ0) is 21.7. The van der Waals surface area contributed by atoms with Gasteiger partial charge in [0.25, 0.3) is 5.92 Å². The summed E-state index contributed by atoms with van der Waals surface area (Å²) in [6.07, 6.45) is -4.37. The van der Waals surface area contributed by atoms with E-state index in [1.807, 2.05) is 0 Å². The summed E-state index contributed by atoms with van der Waals surface area (Å²) in [6, 6.07) is 3.63. The maximum Gasteiger partial charge on any atom is 0.434 e. The minimum atomic E-state index is -4.78. The van der Waals surface area contributed by atoms with E-state index in [2.05, 4.69) is 15.0 Å². The molecule has 3 N–H and O–H groups in total. The molecule has 0 spiro atoms. The number of alkyl halides is 5. The van der Waals surface area contributed by atoms with Crippen molar-refractivity contribution in [3.8, 4) is 11.3 Å². The highest BCUT2D eigenvalue weighted by Crippen LogP contribution is 2.38. The number of rotatable bonds is 3. The van der Waals surface area contributed by atoms with Crippen LogP contribution in [0.3, 0.4) is 0 Å². The van der Waals surface area contributed by atoms with Crippen LogP contribution in [-0.4, -0.2) is 58.3 Å². The molecule has 2 aliphatic rings. The van der Waals surface area contributed by atoms with Crippen LogP contribution in [0.1, 0.15) is 18.5 Å². The monoisotopic (exact) mass is 430 g/mol. The Balaban J connectivity index is 1.79. The minimum absolute atomic E-state index is 0.0869. The first-order valence-electron chi connectivity index (χ1n) is 9.31. The molecule has 2 aromatic rings. The van der Waals surface area contributed by atoms with Crippen LogP contribution in [0.2, 0.25) is 0 Å². The van der Waals surface area contributed by atoms with Gasteiger partial charge in [-0.25, -0.2) is 18.7 Å². The number of nitrogen functional groups attached to an aromatic ring is 1. The van der Waals surface area contributed by atoms with Crippen LogP contribution in [0.4, 0.5) is 39.5 Å². The molecule has 2 aliphatic heterocycles. The van der Waals surface area contributed by atoms with E-state index in [0.717, 1.165) is 6.07 Å². The molecular weight excluding hydrogens is 411 g/mol. The Morgan fingerprint density at radius 3 is 2.30 bits per heavy atom. The van der Waals surface area contributed by atoms with Crippen LogP contribution in [-0.2, 0) is 6.18 Å². The van der Waals surface area contributed by atoms with Crippen LogP contribution >= 0.6 is 0 Å². The maximum absolute atomic E-state index is 13.5. The highest BCUT2D eigenvalue weighted by Gasteiger charge is 2.45. The summed E-state index contributed by atoms with van der Waals surface area (Å²) >= 11 is 0. The predicted molar refractivity (Wildman–Crippen MR) is 99.3 cm³/mol. The summed E-state index contributed by atoms with van der Waals surface area (Å²) in [7, 11) is 0. The molecule has 0 unspecified atom stereocenters. The van der Waals surface area contributed by atoms with E-state index in [0.29, 0.717) is 25.9 Å². The molecule has 12 heteroatoms. The Morgan fingerprint density at radius 1 is 1.03 bits per heavy atom. The Labute approximate surface area is 168 Å². The number of hydrogen-bond donors (Lipinski definition) is 2. The van der Waals surface area contributed by atoms with Gasteiger partial charge in [0, 0.05) is 24.7 Å². The standard InChI is InChI=1S/C18H19F5N6O/c19-17(20)8-29(9-17)14-7-12(11-1-2-13(24)26-15(11)18(21,22)23)25-16(27-14)28-5-3-10(30)4-6-28/h1-2,7,10,30H,3-6,8-9H2,(H2,24,26). The van der Waals surface area contributed by atoms with Gasteiger partial charge < -0.3 is 20.6 Å². The van der Waals surface area contributed by atoms with E-state index in [-0.39, 0.29) is 28.8 Å². The van der Waals surface area contributed by atoms with Crippen molar-refractivity contribution in [3.63, 3.8) is 0 Å². The lowest BCUT2D eigenvalue weighted by Crippen LogP contribution is -2.56. The topological polar surface area (TPSA) is 91.4 Å². The molecular formula is C18H19F5N6O. The molecule has 4 rings (SSSR count). The second-order valence-electron chi connectivity index (χ2n) is 7.47. The number of aromatic nitrogens is 3. The summed E-state index contributed by atoms with van der Waals surface area (Å²) < 4.78 is 67.4. The van der Waals surface area contributed by atoms with E-state index >= 15 is 0 Å². The molecule has 0 atom stereocenters. The SMILES string of the molecule is Nc1ccc(-c2cc(N3CC(F)(F)C3)nc(N3CCC(O)CC3)n2)c(C(F)(F)F)n1. The molecule has 0 radical (unpaired) electrons. The number of hydrogen-bond acceptors (Lipinski definition) is 7. The molecule has 2 aromatic heterocycles. The number of piperidine rings is 1. The molecule has 30 heavy (non-hydrogen) atoms. The molecule has 0 aliphatic carbocycles. The van der Waals surface area contributed by atoms with Gasteiger partial charge in [0.2, 0.25) is 5.95 Å². The van der Waals surface area contributed by atoms with Crippen LogP contribution in [0.15, 0.2) is 18.2 Å². The van der Waals surface area contributed by atoms with Crippen LogP contribution in [0.25, 0.3) is 11.3 Å². The summed E-state index contributed by atoms with van der Waals surface area (Å²) in [5, 5.41) is 9.70. The fourth-order valence-corrected chi connectivity index (χ4v) is 3.50. The highest BCUT2D eigenvalue weighted by molar-refractivity contribution is 5.69. The molecule has 0 amide bonds. The lowest BCUT2D eigenvalue weighted by molar-refractivity contribution is -0.140. The average molecular weight is 430 g/mol. The third-order valence-electron chi connectivity index (χ3n) is 5.08. The van der Waals surface area contributed by atoms with Crippen LogP contribution < -0.4 is 15.5 Å². The molecule has 2 saturated heterocycles. The first kappa shape index (κ1) is 20.5. The predicted octanol–water partition coefficient (Wildman–Crippen LogP) is 2.56. The highest BCUT2D eigenvalue weighted by atomic mass is 19.4. The van der Waals surface area contributed by atoms with Crippen molar-refractivity contribution < 1.29 is 27.1 Å². The first-order valence-corrected chi connectivity index (χ1v) is 9.31. The summed E-state index contributed by atoms with van der Waals surface area (Å²) in [6.45, 7) is -0.361. The zero-order valence-electron chi connectivity index (χ0n) is 15.7. The Morgan fingerprint density at radius 2 is 1.70 bits per heavy atom. The molecule has 0 aromatic carbocycles. The zero-order valence-corrected chi connectivity index (χ0v) is 15.7. The van der Waals surface area contributed by atoms with Crippen molar-refractivity contribution >= 4 is 17.6 Å². The van der Waals surface area contributed by atoms with Crippen molar-refractivity contribution in [2.75, 3.05) is 41.7 Å². The van der Waals surface area contributed by atoms with Gasteiger partial charge in [-0.1, -0.05) is 0 Å². The number of aliphatic hydroxyl groups excluding tert-OH is 1. The number of halogens is 5. The number of anilines is 3. The van der Waals surface area contributed by atoms with Crippen molar-refractivity contribution in [2.24, 2.45) is 0 Å². The molecule has 4 heterocycles. The lowest BCUT2D eigenvalue weighted by atomic mass is 10.1. The second-order valence-corrected chi connectivity index (χ2v) is 7.47. The van der Waals surface area contributed by atoms with Gasteiger partial charge in [-0.05, 0) is 25.0 Å². The van der Waals surface area contributed by atoms with Crippen molar-refractivity contribution in [1.29, 1.82) is 0 Å². The third kappa shape index (κ3) is 4.09. The first-order chi connectivity index (χ1) is 14.0. The Hall–Kier alpha value is -2.76. The van der Waals surface area contributed by atoms with Gasteiger partial charge in [0.15, 0.2) is 5.69 Å². The summed E-state index contributed by atoms with van der Waals surface area (Å²) in [5.74, 6) is -2.94. The molecule has 2 fully saturated rings. The molecule has 0 saturated carbocycles. The van der Waals surface area contributed by atoms with Crippen molar-refractivity contribution in [2.45, 2.75) is 31.0 Å². The fraction of sp³-hybridized carbons (Fsp3) is 0.500. The molecule has 0 bridgehead atoms. The van der Waals surface area contributed by atoms with E-state index in [9.17, 15) is 27.1 Å². The van der Waals surface area contributed by atoms with Gasteiger partial charge in [-0.15, -0.1) is 0 Å². The Bertz CT molecular complexity index is 937. The molecule has 162 valence electrons. The van der Waals surface area contributed by atoms with Crippen LogP contribution in [0.5, 0.6) is 0 Å². The smallest absolute Gasteiger partial charge is 0.393 e. The van der Waals surface area contributed by atoms with Gasteiger partial charge >= 0.3 is 6.18 Å². The van der Waals surface area contributed by atoms with E-state index < -0.39 is 37.0 Å². The normalized spacial score (nSPS) is 19.7. The van der Waals surface area contributed by atoms with Crippen molar-refractivity contribution in [3.05, 3.63) is 23.9 Å². The Kier molecular flexibility index (Phi) is 4.91. The van der Waals surface area contributed by atoms with Gasteiger partial charge in [0.1, 0.15) is 11.6 Å². The van der Waals surface area contributed by atoms with Gasteiger partial charge in [-0.2, -0.15) is 18.2 Å².